The lowest BCUT2D eigenvalue weighted by Gasteiger charge is -2.31. The Hall–Kier alpha value is -2.91. The number of hydrogen-bond donors (Lipinski definition) is 2. The zero-order valence-corrected chi connectivity index (χ0v) is 17.7. The Morgan fingerprint density at radius 1 is 1.03 bits per heavy atom. The van der Waals surface area contributed by atoms with Crippen molar-refractivity contribution in [3.05, 3.63) is 59.7 Å². The fourth-order valence-electron chi connectivity index (χ4n) is 3.59. The molecule has 2 aromatic carbocycles. The third-order valence-electron chi connectivity index (χ3n) is 5.16. The lowest BCUT2D eigenvalue weighted by molar-refractivity contribution is -0.137. The van der Waals surface area contributed by atoms with Gasteiger partial charge in [0, 0.05) is 36.6 Å². The molecule has 9 heteroatoms. The summed E-state index contributed by atoms with van der Waals surface area (Å²) >= 11 is 0. The van der Waals surface area contributed by atoms with Gasteiger partial charge < -0.3 is 15.4 Å². The van der Waals surface area contributed by atoms with Crippen LogP contribution in [0.5, 0.6) is 0 Å². The second kappa shape index (κ2) is 10.6. The summed E-state index contributed by atoms with van der Waals surface area (Å²) in [7, 11) is 0. The third-order valence-corrected chi connectivity index (χ3v) is 5.16. The number of benzene rings is 2. The van der Waals surface area contributed by atoms with Crippen LogP contribution in [0.2, 0.25) is 0 Å². The minimum absolute atomic E-state index is 0.0368. The van der Waals surface area contributed by atoms with Crippen LogP contribution in [0.25, 0.3) is 0 Å². The highest BCUT2D eigenvalue weighted by Crippen LogP contribution is 2.30. The molecule has 0 unspecified atom stereocenters. The number of nitrogens with zero attached hydrogens (tertiary/aromatic N) is 1. The van der Waals surface area contributed by atoms with Crippen molar-refractivity contribution in [3.8, 4) is 0 Å². The van der Waals surface area contributed by atoms with E-state index in [0.717, 1.165) is 38.1 Å². The molecule has 2 amide bonds. The van der Waals surface area contributed by atoms with Crippen molar-refractivity contribution in [2.45, 2.75) is 32.0 Å². The molecular formula is C23H26F3N3O3. The first kappa shape index (κ1) is 23.7. The number of alkyl halides is 3. The Balaban J connectivity index is 1.56. The molecule has 0 aliphatic carbocycles. The largest absolute Gasteiger partial charge is 0.416 e. The van der Waals surface area contributed by atoms with E-state index in [1.54, 1.807) is 12.1 Å². The van der Waals surface area contributed by atoms with Gasteiger partial charge in [-0.15, -0.1) is 0 Å². The van der Waals surface area contributed by atoms with Crippen molar-refractivity contribution in [2.75, 3.05) is 36.9 Å². The summed E-state index contributed by atoms with van der Waals surface area (Å²) in [5.74, 6) is -0.770. The Morgan fingerprint density at radius 2 is 1.69 bits per heavy atom. The number of rotatable bonds is 7. The van der Waals surface area contributed by atoms with Gasteiger partial charge in [-0.25, -0.2) is 0 Å². The van der Waals surface area contributed by atoms with Gasteiger partial charge in [0.2, 0.25) is 5.91 Å². The summed E-state index contributed by atoms with van der Waals surface area (Å²) in [6, 6.07) is 10.7. The molecule has 0 spiro atoms. The Labute approximate surface area is 184 Å². The van der Waals surface area contributed by atoms with Crippen molar-refractivity contribution >= 4 is 23.2 Å². The van der Waals surface area contributed by atoms with Crippen LogP contribution < -0.4 is 10.6 Å². The van der Waals surface area contributed by atoms with Gasteiger partial charge in [0.25, 0.3) is 5.91 Å². The molecular weight excluding hydrogens is 423 g/mol. The SMILES string of the molecule is CCOC1CCN(CC(=O)Nc2cccc(C(=O)Nc3cccc(C(F)(F)F)c3)c2)CC1. The van der Waals surface area contributed by atoms with Gasteiger partial charge >= 0.3 is 6.18 Å². The second-order valence-corrected chi connectivity index (χ2v) is 7.59. The fourth-order valence-corrected chi connectivity index (χ4v) is 3.59. The number of halogens is 3. The molecule has 0 aromatic heterocycles. The molecule has 0 bridgehead atoms. The fraction of sp³-hybridized carbons (Fsp3) is 0.391. The number of amides is 2. The second-order valence-electron chi connectivity index (χ2n) is 7.59. The molecule has 32 heavy (non-hydrogen) atoms. The summed E-state index contributed by atoms with van der Waals surface area (Å²) < 4.78 is 44.2. The molecule has 1 heterocycles. The van der Waals surface area contributed by atoms with Crippen molar-refractivity contribution in [1.82, 2.24) is 4.90 Å². The highest BCUT2D eigenvalue weighted by molar-refractivity contribution is 6.05. The van der Waals surface area contributed by atoms with Crippen molar-refractivity contribution in [2.24, 2.45) is 0 Å². The Bertz CT molecular complexity index is 941. The van der Waals surface area contributed by atoms with Crippen LogP contribution in [0.4, 0.5) is 24.5 Å². The quantitative estimate of drug-likeness (QED) is 0.658. The zero-order chi connectivity index (χ0) is 23.1. The molecule has 2 aromatic rings. The predicted molar refractivity (Wildman–Crippen MR) is 116 cm³/mol. The lowest BCUT2D eigenvalue weighted by atomic mass is 10.1. The van der Waals surface area contributed by atoms with Crippen LogP contribution in [0.3, 0.4) is 0 Å². The number of hydrogen-bond acceptors (Lipinski definition) is 4. The van der Waals surface area contributed by atoms with E-state index in [9.17, 15) is 22.8 Å². The van der Waals surface area contributed by atoms with Gasteiger partial charge in [-0.2, -0.15) is 13.2 Å². The minimum atomic E-state index is -4.50. The predicted octanol–water partition coefficient (Wildman–Crippen LogP) is 4.40. The number of nitrogens with one attached hydrogen (secondary N) is 2. The van der Waals surface area contributed by atoms with E-state index in [2.05, 4.69) is 15.5 Å². The molecule has 6 nitrogen and oxygen atoms in total. The lowest BCUT2D eigenvalue weighted by Crippen LogP contribution is -2.41. The molecule has 1 saturated heterocycles. The van der Waals surface area contributed by atoms with E-state index in [1.807, 2.05) is 6.92 Å². The van der Waals surface area contributed by atoms with E-state index >= 15 is 0 Å². The van der Waals surface area contributed by atoms with E-state index < -0.39 is 17.6 Å². The van der Waals surface area contributed by atoms with Crippen LogP contribution in [-0.4, -0.2) is 49.1 Å². The van der Waals surface area contributed by atoms with E-state index in [0.29, 0.717) is 12.3 Å². The number of ether oxygens (including phenoxy) is 1. The van der Waals surface area contributed by atoms with Crippen molar-refractivity contribution in [1.29, 1.82) is 0 Å². The van der Waals surface area contributed by atoms with Gasteiger partial charge in [-0.1, -0.05) is 12.1 Å². The van der Waals surface area contributed by atoms with Crippen molar-refractivity contribution < 1.29 is 27.5 Å². The van der Waals surface area contributed by atoms with Crippen LogP contribution in [0.1, 0.15) is 35.7 Å². The van der Waals surface area contributed by atoms with Crippen LogP contribution in [0, 0.1) is 0 Å². The normalized spacial score (nSPS) is 15.4. The average Bonchev–Trinajstić information content (AvgIpc) is 2.75. The molecule has 172 valence electrons. The van der Waals surface area contributed by atoms with Gasteiger partial charge in [0.05, 0.1) is 18.2 Å². The number of carbonyl (C=O) groups is 2. The first-order valence-corrected chi connectivity index (χ1v) is 10.5. The van der Waals surface area contributed by atoms with E-state index in [4.69, 9.17) is 4.74 Å². The smallest absolute Gasteiger partial charge is 0.378 e. The summed E-state index contributed by atoms with van der Waals surface area (Å²) in [5.41, 5.74) is -0.148. The first-order valence-electron chi connectivity index (χ1n) is 10.5. The zero-order valence-electron chi connectivity index (χ0n) is 17.7. The van der Waals surface area contributed by atoms with Gasteiger partial charge in [-0.3, -0.25) is 14.5 Å². The van der Waals surface area contributed by atoms with Crippen LogP contribution in [-0.2, 0) is 15.7 Å². The molecule has 0 atom stereocenters. The molecule has 1 fully saturated rings. The molecule has 2 N–H and O–H groups in total. The summed E-state index contributed by atoms with van der Waals surface area (Å²) in [4.78, 5) is 26.9. The highest BCUT2D eigenvalue weighted by Gasteiger charge is 2.30. The minimum Gasteiger partial charge on any atom is -0.378 e. The monoisotopic (exact) mass is 449 g/mol. The third kappa shape index (κ3) is 6.80. The Morgan fingerprint density at radius 3 is 2.34 bits per heavy atom. The van der Waals surface area contributed by atoms with Crippen molar-refractivity contribution in [3.63, 3.8) is 0 Å². The first-order chi connectivity index (χ1) is 15.2. The van der Waals surface area contributed by atoms with Gasteiger partial charge in [0.1, 0.15) is 0 Å². The number of likely N-dealkylation sites (tertiary alicyclic amines) is 1. The van der Waals surface area contributed by atoms with Gasteiger partial charge in [0.15, 0.2) is 0 Å². The van der Waals surface area contributed by atoms with Crippen LogP contribution >= 0.6 is 0 Å². The Kier molecular flexibility index (Phi) is 7.87. The summed E-state index contributed by atoms with van der Waals surface area (Å²) in [6.07, 6.45) is -2.49. The summed E-state index contributed by atoms with van der Waals surface area (Å²) in [6.45, 7) is 4.44. The number of piperidine rings is 1. The van der Waals surface area contributed by atoms with E-state index in [1.165, 1.54) is 24.3 Å². The molecule has 1 aliphatic heterocycles. The number of anilines is 2. The standard InChI is InChI=1S/C23H26F3N3O3/c1-2-32-20-9-11-29(12-10-20)15-21(30)27-18-7-3-5-16(13-18)22(31)28-19-8-4-6-17(14-19)23(24,25)26/h3-8,13-14,20H,2,9-12,15H2,1H3,(H,27,30)(H,28,31). The maximum atomic E-state index is 12.9. The highest BCUT2D eigenvalue weighted by atomic mass is 19.4. The molecule has 0 radical (unpaired) electrons. The average molecular weight is 449 g/mol. The maximum absolute atomic E-state index is 12.9. The molecule has 3 rings (SSSR count). The molecule has 1 aliphatic rings. The van der Waals surface area contributed by atoms with Gasteiger partial charge in [-0.05, 0) is 56.2 Å². The topological polar surface area (TPSA) is 70.7 Å². The van der Waals surface area contributed by atoms with E-state index in [-0.39, 0.29) is 29.8 Å². The number of carbonyl (C=O) groups excluding carboxylic acids is 2. The summed E-state index contributed by atoms with van der Waals surface area (Å²) in [5, 5.41) is 5.23. The maximum Gasteiger partial charge on any atom is 0.416 e. The van der Waals surface area contributed by atoms with Crippen LogP contribution in [0.15, 0.2) is 48.5 Å². The molecule has 0 saturated carbocycles.